The van der Waals surface area contributed by atoms with Gasteiger partial charge >= 0.3 is 5.97 Å². The van der Waals surface area contributed by atoms with Crippen LogP contribution in [0.4, 0.5) is 0 Å². The molecule has 1 N–H and O–H groups in total. The van der Waals surface area contributed by atoms with Crippen molar-refractivity contribution >= 4 is 5.97 Å². The molecule has 19 heavy (non-hydrogen) atoms. The monoisotopic (exact) mass is 268 g/mol. The standard InChI is InChI=1S/C15H28N2O2/c1-4-11(2)17-9-12(8-15(18)19-3)7-14(10-17)16-13-5-6-13/h11-14,16H,4-10H2,1-3H3. The van der Waals surface area contributed by atoms with E-state index < -0.39 is 0 Å². The quantitative estimate of drug-likeness (QED) is 0.746. The molecule has 110 valence electrons. The van der Waals surface area contributed by atoms with Crippen LogP contribution in [0.5, 0.6) is 0 Å². The van der Waals surface area contributed by atoms with E-state index in [9.17, 15) is 4.79 Å². The lowest BCUT2D eigenvalue weighted by atomic mass is 9.90. The van der Waals surface area contributed by atoms with Crippen LogP contribution in [0.3, 0.4) is 0 Å². The van der Waals surface area contributed by atoms with Gasteiger partial charge in [-0.25, -0.2) is 0 Å². The van der Waals surface area contributed by atoms with E-state index in [2.05, 4.69) is 24.1 Å². The first-order chi connectivity index (χ1) is 9.12. The van der Waals surface area contributed by atoms with Gasteiger partial charge in [0.05, 0.1) is 7.11 Å². The zero-order valence-electron chi connectivity index (χ0n) is 12.5. The summed E-state index contributed by atoms with van der Waals surface area (Å²) >= 11 is 0. The largest absolute Gasteiger partial charge is 0.469 e. The summed E-state index contributed by atoms with van der Waals surface area (Å²) < 4.78 is 4.83. The first-order valence-corrected chi connectivity index (χ1v) is 7.69. The molecular formula is C15H28N2O2. The molecule has 3 unspecified atom stereocenters. The highest BCUT2D eigenvalue weighted by Gasteiger charge is 2.33. The van der Waals surface area contributed by atoms with E-state index in [-0.39, 0.29) is 5.97 Å². The van der Waals surface area contributed by atoms with Gasteiger partial charge in [0, 0.05) is 37.6 Å². The zero-order valence-corrected chi connectivity index (χ0v) is 12.5. The van der Waals surface area contributed by atoms with Crippen molar-refractivity contribution in [1.82, 2.24) is 10.2 Å². The average Bonchev–Trinajstić information content (AvgIpc) is 3.21. The van der Waals surface area contributed by atoms with E-state index in [0.717, 1.165) is 25.6 Å². The lowest BCUT2D eigenvalue weighted by Crippen LogP contribution is -2.52. The fourth-order valence-electron chi connectivity index (χ4n) is 3.03. The summed E-state index contributed by atoms with van der Waals surface area (Å²) in [7, 11) is 1.48. The van der Waals surface area contributed by atoms with Crippen LogP contribution >= 0.6 is 0 Å². The summed E-state index contributed by atoms with van der Waals surface area (Å²) in [6.07, 6.45) is 5.48. The number of esters is 1. The molecule has 0 aromatic rings. The number of nitrogens with zero attached hydrogens (tertiary/aromatic N) is 1. The van der Waals surface area contributed by atoms with Crippen LogP contribution in [-0.2, 0) is 9.53 Å². The minimum atomic E-state index is -0.0684. The molecule has 4 nitrogen and oxygen atoms in total. The molecule has 1 saturated carbocycles. The van der Waals surface area contributed by atoms with Crippen molar-refractivity contribution in [3.63, 3.8) is 0 Å². The number of hydrogen-bond acceptors (Lipinski definition) is 4. The Kier molecular flexibility index (Phi) is 5.22. The lowest BCUT2D eigenvalue weighted by Gasteiger charge is -2.41. The number of methoxy groups -OCH3 is 1. The second-order valence-electron chi connectivity index (χ2n) is 6.23. The highest BCUT2D eigenvalue weighted by Crippen LogP contribution is 2.26. The van der Waals surface area contributed by atoms with Crippen LogP contribution in [0.1, 0.15) is 46.0 Å². The average molecular weight is 268 g/mol. The van der Waals surface area contributed by atoms with Gasteiger partial charge in [-0.05, 0) is 38.5 Å². The molecule has 0 radical (unpaired) electrons. The second kappa shape index (κ2) is 6.71. The van der Waals surface area contributed by atoms with Crippen molar-refractivity contribution < 1.29 is 9.53 Å². The summed E-state index contributed by atoms with van der Waals surface area (Å²) in [6, 6.07) is 1.88. The zero-order chi connectivity index (χ0) is 13.8. The number of likely N-dealkylation sites (tertiary alicyclic amines) is 1. The lowest BCUT2D eigenvalue weighted by molar-refractivity contribution is -0.142. The van der Waals surface area contributed by atoms with Crippen LogP contribution in [0.2, 0.25) is 0 Å². The SMILES string of the molecule is CCC(C)N1CC(CC(=O)OC)CC(NC2CC2)C1. The van der Waals surface area contributed by atoms with E-state index in [0.29, 0.717) is 24.4 Å². The molecule has 2 aliphatic rings. The predicted octanol–water partition coefficient (Wildman–Crippen LogP) is 1.79. The first kappa shape index (κ1) is 14.8. The summed E-state index contributed by atoms with van der Waals surface area (Å²) in [6.45, 7) is 6.68. The molecule has 0 spiro atoms. The van der Waals surface area contributed by atoms with E-state index in [1.54, 1.807) is 0 Å². The molecular weight excluding hydrogens is 240 g/mol. The van der Waals surface area contributed by atoms with E-state index in [4.69, 9.17) is 4.74 Å². The van der Waals surface area contributed by atoms with Crippen molar-refractivity contribution in [3.8, 4) is 0 Å². The topological polar surface area (TPSA) is 41.6 Å². The molecule has 1 saturated heterocycles. The van der Waals surface area contributed by atoms with E-state index in [1.807, 2.05) is 0 Å². The smallest absolute Gasteiger partial charge is 0.305 e. The molecule has 1 heterocycles. The summed E-state index contributed by atoms with van der Waals surface area (Å²) in [5, 5.41) is 3.73. The fourth-order valence-corrected chi connectivity index (χ4v) is 3.03. The number of carbonyl (C=O) groups excluding carboxylic acids is 1. The Morgan fingerprint density at radius 2 is 2.11 bits per heavy atom. The van der Waals surface area contributed by atoms with Crippen molar-refractivity contribution in [1.29, 1.82) is 0 Å². The maximum Gasteiger partial charge on any atom is 0.305 e. The minimum absolute atomic E-state index is 0.0684. The van der Waals surface area contributed by atoms with Gasteiger partial charge < -0.3 is 10.1 Å². The third-order valence-corrected chi connectivity index (χ3v) is 4.51. The van der Waals surface area contributed by atoms with Gasteiger partial charge in [0.25, 0.3) is 0 Å². The Balaban J connectivity index is 1.91. The number of rotatable bonds is 6. The van der Waals surface area contributed by atoms with Crippen LogP contribution in [-0.4, -0.2) is 49.2 Å². The molecule has 0 aromatic heterocycles. The number of nitrogens with one attached hydrogen (secondary N) is 1. The Morgan fingerprint density at radius 1 is 1.37 bits per heavy atom. The van der Waals surface area contributed by atoms with Crippen LogP contribution in [0.15, 0.2) is 0 Å². The highest BCUT2D eigenvalue weighted by atomic mass is 16.5. The Morgan fingerprint density at radius 3 is 2.68 bits per heavy atom. The number of piperidine rings is 1. The normalized spacial score (nSPS) is 30.1. The van der Waals surface area contributed by atoms with E-state index in [1.165, 1.54) is 26.4 Å². The van der Waals surface area contributed by atoms with Gasteiger partial charge in [0.1, 0.15) is 0 Å². The molecule has 2 rings (SSSR count). The summed E-state index contributed by atoms with van der Waals surface area (Å²) in [5.74, 6) is 0.368. The predicted molar refractivity (Wildman–Crippen MR) is 76.0 cm³/mol. The second-order valence-corrected chi connectivity index (χ2v) is 6.23. The molecule has 4 heteroatoms. The number of hydrogen-bond donors (Lipinski definition) is 1. The van der Waals surface area contributed by atoms with Crippen molar-refractivity contribution in [2.45, 2.75) is 64.1 Å². The Hall–Kier alpha value is -0.610. The maximum atomic E-state index is 11.5. The number of ether oxygens (including phenoxy) is 1. The molecule has 1 aliphatic carbocycles. The van der Waals surface area contributed by atoms with Crippen molar-refractivity contribution in [3.05, 3.63) is 0 Å². The Labute approximate surface area is 116 Å². The van der Waals surface area contributed by atoms with Gasteiger partial charge in [-0.3, -0.25) is 9.69 Å². The fraction of sp³-hybridized carbons (Fsp3) is 0.933. The summed E-state index contributed by atoms with van der Waals surface area (Å²) in [5.41, 5.74) is 0. The van der Waals surface area contributed by atoms with Crippen molar-refractivity contribution in [2.24, 2.45) is 5.92 Å². The first-order valence-electron chi connectivity index (χ1n) is 7.69. The van der Waals surface area contributed by atoms with E-state index >= 15 is 0 Å². The van der Waals surface area contributed by atoms with Gasteiger partial charge in [-0.1, -0.05) is 6.92 Å². The minimum Gasteiger partial charge on any atom is -0.469 e. The maximum absolute atomic E-state index is 11.5. The van der Waals surface area contributed by atoms with Crippen LogP contribution in [0.25, 0.3) is 0 Å². The van der Waals surface area contributed by atoms with Gasteiger partial charge in [0.2, 0.25) is 0 Å². The number of carbonyl (C=O) groups is 1. The molecule has 2 fully saturated rings. The molecule has 0 aromatic carbocycles. The highest BCUT2D eigenvalue weighted by molar-refractivity contribution is 5.69. The Bertz CT molecular complexity index is 305. The van der Waals surface area contributed by atoms with Crippen LogP contribution in [0, 0.1) is 5.92 Å². The molecule has 3 atom stereocenters. The summed E-state index contributed by atoms with van der Waals surface area (Å²) in [4.78, 5) is 14.0. The molecule has 0 bridgehead atoms. The van der Waals surface area contributed by atoms with Crippen molar-refractivity contribution in [2.75, 3.05) is 20.2 Å². The molecule has 0 amide bonds. The van der Waals surface area contributed by atoms with Gasteiger partial charge in [-0.15, -0.1) is 0 Å². The molecule has 1 aliphatic heterocycles. The third-order valence-electron chi connectivity index (χ3n) is 4.51. The van der Waals surface area contributed by atoms with Gasteiger partial charge in [0.15, 0.2) is 0 Å². The third kappa shape index (κ3) is 4.46. The van der Waals surface area contributed by atoms with Crippen LogP contribution < -0.4 is 5.32 Å². The van der Waals surface area contributed by atoms with Gasteiger partial charge in [-0.2, -0.15) is 0 Å².